The molecule has 1 aromatic carbocycles. The Morgan fingerprint density at radius 3 is 2.47 bits per heavy atom. The third-order valence-corrected chi connectivity index (χ3v) is 6.71. The first-order valence-corrected chi connectivity index (χ1v) is 12.1. The molecule has 0 unspecified atom stereocenters. The molecule has 0 bridgehead atoms. The zero-order chi connectivity index (χ0) is 27.0. The molecule has 3 amide bonds. The number of nitrogens with zero attached hydrogens (tertiary/aromatic N) is 4. The number of nitrogens with one attached hydrogen (secondary N) is 2. The first-order chi connectivity index (χ1) is 18.1. The van der Waals surface area contributed by atoms with Crippen molar-refractivity contribution in [3.63, 3.8) is 0 Å². The van der Waals surface area contributed by atoms with E-state index in [4.69, 9.17) is 0 Å². The summed E-state index contributed by atoms with van der Waals surface area (Å²) >= 11 is 0. The summed E-state index contributed by atoms with van der Waals surface area (Å²) in [4.78, 5) is 38.3. The summed E-state index contributed by atoms with van der Waals surface area (Å²) in [5.41, 5.74) is 2.73. The highest BCUT2D eigenvalue weighted by atomic mass is 19.4. The van der Waals surface area contributed by atoms with Gasteiger partial charge in [-0.1, -0.05) is 0 Å². The molecule has 3 heterocycles. The highest BCUT2D eigenvalue weighted by Gasteiger charge is 2.44. The van der Waals surface area contributed by atoms with Crippen LogP contribution in [0.3, 0.4) is 0 Å². The Morgan fingerprint density at radius 2 is 1.76 bits per heavy atom. The van der Waals surface area contributed by atoms with E-state index < -0.39 is 30.5 Å². The summed E-state index contributed by atoms with van der Waals surface area (Å²) in [6, 6.07) is 5.30. The number of pyridine rings is 1. The van der Waals surface area contributed by atoms with Crippen LogP contribution in [0.25, 0.3) is 22.4 Å². The molecule has 5 rings (SSSR count). The fraction of sp³-hybridized carbons (Fsp3) is 0.346. The largest absolute Gasteiger partial charge is 0.393 e. The van der Waals surface area contributed by atoms with E-state index in [1.54, 1.807) is 31.5 Å². The number of anilines is 2. The van der Waals surface area contributed by atoms with Crippen LogP contribution in [0.2, 0.25) is 0 Å². The summed E-state index contributed by atoms with van der Waals surface area (Å²) in [7, 11) is 0. The second-order valence-corrected chi connectivity index (χ2v) is 9.56. The van der Waals surface area contributed by atoms with Gasteiger partial charge in [0.25, 0.3) is 0 Å². The summed E-state index contributed by atoms with van der Waals surface area (Å²) in [6.45, 7) is 1.16. The monoisotopic (exact) mass is 528 g/mol. The summed E-state index contributed by atoms with van der Waals surface area (Å²) in [5, 5.41) is 5.19. The maximum atomic E-state index is 14.7. The molecule has 3 aromatic rings. The molecule has 0 radical (unpaired) electrons. The summed E-state index contributed by atoms with van der Waals surface area (Å²) in [5.74, 6) is -1.99. The Kier molecular flexibility index (Phi) is 6.72. The van der Waals surface area contributed by atoms with Gasteiger partial charge in [0.1, 0.15) is 18.0 Å². The first-order valence-electron chi connectivity index (χ1n) is 12.1. The van der Waals surface area contributed by atoms with Crippen LogP contribution in [0.5, 0.6) is 0 Å². The van der Waals surface area contributed by atoms with Gasteiger partial charge in [-0.15, -0.1) is 0 Å². The number of amides is 3. The van der Waals surface area contributed by atoms with Crippen LogP contribution >= 0.6 is 0 Å². The Morgan fingerprint density at radius 1 is 1.00 bits per heavy atom. The van der Waals surface area contributed by atoms with Crippen molar-refractivity contribution in [2.75, 3.05) is 23.7 Å². The second kappa shape index (κ2) is 9.99. The van der Waals surface area contributed by atoms with Crippen molar-refractivity contribution < 1.29 is 27.2 Å². The van der Waals surface area contributed by atoms with E-state index in [1.807, 2.05) is 0 Å². The number of aromatic nitrogens is 3. The molecule has 1 saturated heterocycles. The van der Waals surface area contributed by atoms with E-state index in [2.05, 4.69) is 25.6 Å². The van der Waals surface area contributed by atoms with Crippen molar-refractivity contribution in [3.05, 3.63) is 54.4 Å². The number of carbonyl (C=O) groups is 2. The second-order valence-electron chi connectivity index (χ2n) is 9.56. The van der Waals surface area contributed by atoms with E-state index in [9.17, 15) is 27.2 Å². The van der Waals surface area contributed by atoms with Gasteiger partial charge in [0.15, 0.2) is 0 Å². The minimum atomic E-state index is -4.39. The van der Waals surface area contributed by atoms with E-state index in [0.717, 1.165) is 17.7 Å². The molecule has 1 aliphatic carbocycles. The minimum absolute atomic E-state index is 0.0195. The third kappa shape index (κ3) is 5.58. The lowest BCUT2D eigenvalue weighted by molar-refractivity contribution is -0.169. The number of benzene rings is 1. The molecule has 1 aliphatic heterocycles. The Labute approximate surface area is 215 Å². The van der Waals surface area contributed by atoms with E-state index >= 15 is 0 Å². The predicted octanol–water partition coefficient (Wildman–Crippen LogP) is 5.42. The van der Waals surface area contributed by atoms with Gasteiger partial charge < -0.3 is 15.5 Å². The van der Waals surface area contributed by atoms with Crippen molar-refractivity contribution >= 4 is 23.4 Å². The maximum absolute atomic E-state index is 14.7. The molecular weight excluding hydrogens is 504 g/mol. The number of hydrogen-bond acceptors (Lipinski definition) is 5. The minimum Gasteiger partial charge on any atom is -0.324 e. The van der Waals surface area contributed by atoms with Crippen LogP contribution in [0.1, 0.15) is 24.8 Å². The van der Waals surface area contributed by atoms with Gasteiger partial charge in [-0.2, -0.15) is 13.2 Å². The van der Waals surface area contributed by atoms with Crippen LogP contribution in [0.4, 0.5) is 33.9 Å². The lowest BCUT2D eigenvalue weighted by atomic mass is 9.99. The fourth-order valence-electron chi connectivity index (χ4n) is 4.37. The molecule has 198 valence electrons. The molecule has 2 fully saturated rings. The predicted molar refractivity (Wildman–Crippen MR) is 132 cm³/mol. The molecule has 38 heavy (non-hydrogen) atoms. The van der Waals surface area contributed by atoms with Crippen molar-refractivity contribution in [3.8, 4) is 22.4 Å². The van der Waals surface area contributed by atoms with Gasteiger partial charge in [-0.05, 0) is 55.5 Å². The van der Waals surface area contributed by atoms with Gasteiger partial charge >= 0.3 is 12.2 Å². The summed E-state index contributed by atoms with van der Waals surface area (Å²) < 4.78 is 53.7. The van der Waals surface area contributed by atoms with Gasteiger partial charge in [-0.3, -0.25) is 9.78 Å². The van der Waals surface area contributed by atoms with Crippen molar-refractivity contribution in [2.24, 2.45) is 11.8 Å². The van der Waals surface area contributed by atoms with Gasteiger partial charge in [0.05, 0.1) is 17.3 Å². The molecular formula is C26H24F4N6O2. The lowest BCUT2D eigenvalue weighted by Gasteiger charge is -2.19. The highest BCUT2D eigenvalue weighted by Crippen LogP contribution is 2.35. The molecule has 12 heteroatoms. The zero-order valence-electron chi connectivity index (χ0n) is 20.3. The van der Waals surface area contributed by atoms with Crippen molar-refractivity contribution in [1.82, 2.24) is 19.9 Å². The van der Waals surface area contributed by atoms with Crippen LogP contribution in [-0.2, 0) is 4.79 Å². The number of carbonyl (C=O) groups excluding carboxylic acids is 2. The van der Waals surface area contributed by atoms with Gasteiger partial charge in [-0.25, -0.2) is 19.2 Å². The lowest BCUT2D eigenvalue weighted by Crippen LogP contribution is -2.35. The Hall–Kier alpha value is -4.09. The van der Waals surface area contributed by atoms with Crippen molar-refractivity contribution in [1.29, 1.82) is 0 Å². The maximum Gasteiger partial charge on any atom is 0.393 e. The fourth-order valence-corrected chi connectivity index (χ4v) is 4.37. The van der Waals surface area contributed by atoms with Crippen LogP contribution in [-0.4, -0.2) is 51.1 Å². The molecule has 8 nitrogen and oxygen atoms in total. The number of rotatable bonds is 5. The number of halogens is 4. The quantitative estimate of drug-likeness (QED) is 0.431. The van der Waals surface area contributed by atoms with Gasteiger partial charge in [0, 0.05) is 48.6 Å². The molecule has 2 N–H and O–H groups in total. The summed E-state index contributed by atoms with van der Waals surface area (Å²) in [6.07, 6.45) is 1.64. The average molecular weight is 529 g/mol. The van der Waals surface area contributed by atoms with Crippen molar-refractivity contribution in [2.45, 2.75) is 32.4 Å². The molecule has 2 aromatic heterocycles. The molecule has 2 aliphatic rings. The number of likely N-dealkylation sites (tertiary alicyclic amines) is 1. The third-order valence-electron chi connectivity index (χ3n) is 6.71. The SMILES string of the molecule is Cc1cc(F)c(NC(=O)N2CC[C@H](C(F)(F)F)C2)cc1-c1cncc(-c2cc(NC(=O)C3CC3)ncn2)c1. The zero-order valence-corrected chi connectivity index (χ0v) is 20.3. The smallest absolute Gasteiger partial charge is 0.324 e. The molecule has 1 atom stereocenters. The topological polar surface area (TPSA) is 100 Å². The molecule has 0 spiro atoms. The van der Waals surface area contributed by atoms with Crippen LogP contribution in [0, 0.1) is 24.6 Å². The number of urea groups is 1. The first kappa shape index (κ1) is 25.6. The average Bonchev–Trinajstić information content (AvgIpc) is 3.60. The molecule has 1 saturated carbocycles. The van der Waals surface area contributed by atoms with Crippen LogP contribution < -0.4 is 10.6 Å². The van der Waals surface area contributed by atoms with Gasteiger partial charge in [0.2, 0.25) is 5.91 Å². The highest BCUT2D eigenvalue weighted by molar-refractivity contribution is 5.93. The van der Waals surface area contributed by atoms with E-state index in [-0.39, 0.29) is 30.5 Å². The Balaban J connectivity index is 1.37. The van der Waals surface area contributed by atoms with E-state index in [0.29, 0.717) is 33.8 Å². The normalized spacial score (nSPS) is 17.4. The number of hydrogen-bond donors (Lipinski definition) is 2. The van der Waals surface area contributed by atoms with Crippen LogP contribution in [0.15, 0.2) is 43.0 Å². The Bertz CT molecular complexity index is 1390. The standard InChI is InChI=1S/C26H24F4N6O2/c1-14-6-20(27)22(34-25(38)36-5-4-18(12-36)26(28,29)30)8-19(14)16-7-17(11-31-10-16)21-9-23(33-13-32-21)35-24(37)15-2-3-15/h6-11,13,15,18H,2-5,12H2,1H3,(H,34,38)(H,32,33,35,37)/t18-/m0/s1. The number of aryl methyl sites for hydroxylation is 1. The van der Waals surface area contributed by atoms with E-state index in [1.165, 1.54) is 18.5 Å². The number of alkyl halides is 3.